The van der Waals surface area contributed by atoms with Crippen molar-refractivity contribution in [3.05, 3.63) is 39.9 Å². The van der Waals surface area contributed by atoms with Gasteiger partial charge in [-0.05, 0) is 17.7 Å². The third-order valence-corrected chi connectivity index (χ3v) is 1.42. The molecule has 0 N–H and O–H groups in total. The normalized spacial score (nSPS) is 9.14. The van der Waals surface area contributed by atoms with Gasteiger partial charge in [-0.1, -0.05) is 12.1 Å². The molecule has 0 heterocycles. The average molecular weight is 197 g/mol. The van der Waals surface area contributed by atoms with E-state index in [2.05, 4.69) is 9.57 Å². The maximum Gasteiger partial charge on any atom is 0.298 e. The van der Waals surface area contributed by atoms with Gasteiger partial charge in [0.05, 0.1) is 0 Å². The zero-order chi connectivity index (χ0) is 10.4. The van der Waals surface area contributed by atoms with Gasteiger partial charge in [-0.3, -0.25) is 4.79 Å². The van der Waals surface area contributed by atoms with Crippen LogP contribution in [0.15, 0.2) is 24.3 Å². The molecule has 1 aromatic rings. The van der Waals surface area contributed by atoms with Gasteiger partial charge in [0.25, 0.3) is 11.6 Å². The molecule has 0 aliphatic carbocycles. The Balaban J connectivity index is 2.63. The van der Waals surface area contributed by atoms with Crippen molar-refractivity contribution in [2.45, 2.75) is 6.61 Å². The molecule has 0 saturated heterocycles. The molecule has 0 aliphatic heterocycles. The van der Waals surface area contributed by atoms with Crippen LogP contribution in [0.3, 0.4) is 0 Å². The zero-order valence-corrected chi connectivity index (χ0v) is 7.08. The Morgan fingerprint density at radius 1 is 1.50 bits per heavy atom. The Hall–Kier alpha value is -2.11. The van der Waals surface area contributed by atoms with Crippen molar-refractivity contribution in [1.29, 1.82) is 0 Å². The van der Waals surface area contributed by atoms with Crippen LogP contribution in [0.5, 0.6) is 5.75 Å². The third kappa shape index (κ3) is 3.10. The molecule has 14 heavy (non-hydrogen) atoms. The number of benzene rings is 1. The largest absolute Gasteiger partial charge is 0.429 e. The summed E-state index contributed by atoms with van der Waals surface area (Å²) in [4.78, 5) is 24.0. The first-order valence-corrected chi connectivity index (χ1v) is 3.69. The maximum absolute atomic E-state index is 9.99. The first-order valence-electron chi connectivity index (χ1n) is 3.69. The molecule has 1 rings (SSSR count). The van der Waals surface area contributed by atoms with Gasteiger partial charge in [-0.2, -0.15) is 0 Å². The van der Waals surface area contributed by atoms with E-state index in [9.17, 15) is 14.9 Å². The zero-order valence-electron chi connectivity index (χ0n) is 7.08. The van der Waals surface area contributed by atoms with E-state index in [0.717, 1.165) is 0 Å². The first-order chi connectivity index (χ1) is 6.72. The van der Waals surface area contributed by atoms with Gasteiger partial charge in [-0.25, -0.2) is 0 Å². The molecule has 0 aromatic heterocycles. The minimum atomic E-state index is -0.882. The molecule has 0 spiro atoms. The number of carbonyl (C=O) groups excluding carboxylic acids is 1. The van der Waals surface area contributed by atoms with E-state index >= 15 is 0 Å². The molecule has 0 fully saturated rings. The molecular weight excluding hydrogens is 190 g/mol. The van der Waals surface area contributed by atoms with Crippen molar-refractivity contribution < 1.29 is 19.5 Å². The van der Waals surface area contributed by atoms with Gasteiger partial charge < -0.3 is 9.57 Å². The Kier molecular flexibility index (Phi) is 3.42. The molecule has 0 atom stereocenters. The lowest BCUT2D eigenvalue weighted by Gasteiger charge is -2.01. The summed E-state index contributed by atoms with van der Waals surface area (Å²) >= 11 is 0. The van der Waals surface area contributed by atoms with Gasteiger partial charge in [0, 0.05) is 0 Å². The standard InChI is InChI=1S/C8H7NO5/c10-6-13-8-3-1-2-7(4-8)5-14-9(11)12/h1-4,6H,5H2. The number of hydrogen-bond acceptors (Lipinski definition) is 5. The Morgan fingerprint density at radius 3 is 2.93 bits per heavy atom. The second-order valence-electron chi connectivity index (χ2n) is 2.36. The molecule has 0 unspecified atom stereocenters. The smallest absolute Gasteiger partial charge is 0.298 e. The van der Waals surface area contributed by atoms with E-state index in [1.165, 1.54) is 6.07 Å². The summed E-state index contributed by atoms with van der Waals surface area (Å²) in [7, 11) is 0. The van der Waals surface area contributed by atoms with Crippen LogP contribution < -0.4 is 4.74 Å². The lowest BCUT2D eigenvalue weighted by Crippen LogP contribution is -2.00. The number of nitrogens with zero attached hydrogens (tertiary/aromatic N) is 1. The van der Waals surface area contributed by atoms with E-state index in [1.807, 2.05) is 0 Å². The number of ether oxygens (including phenoxy) is 1. The summed E-state index contributed by atoms with van der Waals surface area (Å²) in [5.41, 5.74) is 0.557. The summed E-state index contributed by atoms with van der Waals surface area (Å²) < 4.78 is 4.55. The van der Waals surface area contributed by atoms with Gasteiger partial charge in [0.15, 0.2) is 0 Å². The van der Waals surface area contributed by atoms with Crippen molar-refractivity contribution >= 4 is 6.47 Å². The van der Waals surface area contributed by atoms with Gasteiger partial charge in [0.1, 0.15) is 12.4 Å². The predicted octanol–water partition coefficient (Wildman–Crippen LogP) is 0.930. The molecule has 0 radical (unpaired) electrons. The average Bonchev–Trinajstić information content (AvgIpc) is 2.16. The van der Waals surface area contributed by atoms with Crippen molar-refractivity contribution in [1.82, 2.24) is 0 Å². The lowest BCUT2D eigenvalue weighted by molar-refractivity contribution is -0.763. The molecule has 0 aliphatic rings. The van der Waals surface area contributed by atoms with E-state index in [-0.39, 0.29) is 13.1 Å². The highest BCUT2D eigenvalue weighted by molar-refractivity contribution is 5.45. The quantitative estimate of drug-likeness (QED) is 0.398. The third-order valence-electron chi connectivity index (χ3n) is 1.42. The maximum atomic E-state index is 9.99. The van der Waals surface area contributed by atoms with Crippen LogP contribution in [-0.4, -0.2) is 11.6 Å². The fourth-order valence-corrected chi connectivity index (χ4v) is 0.891. The minimum absolute atomic E-state index is 0.164. The molecule has 0 bridgehead atoms. The van der Waals surface area contributed by atoms with Gasteiger partial charge in [0.2, 0.25) is 0 Å². The van der Waals surface area contributed by atoms with Crippen molar-refractivity contribution in [3.63, 3.8) is 0 Å². The molecule has 0 amide bonds. The van der Waals surface area contributed by atoms with Crippen LogP contribution >= 0.6 is 0 Å². The Bertz CT molecular complexity index is 338. The van der Waals surface area contributed by atoms with Crippen molar-refractivity contribution in [2.75, 3.05) is 0 Å². The summed E-state index contributed by atoms with van der Waals surface area (Å²) in [5.74, 6) is 0.324. The minimum Gasteiger partial charge on any atom is -0.429 e. The number of hydrogen-bond donors (Lipinski definition) is 0. The molecule has 0 saturated carbocycles. The molecule has 1 aromatic carbocycles. The molecule has 6 nitrogen and oxygen atoms in total. The SMILES string of the molecule is O=COc1cccc(CO[N+](=O)[O-])c1. The highest BCUT2D eigenvalue weighted by atomic mass is 16.9. The Morgan fingerprint density at radius 2 is 2.29 bits per heavy atom. The van der Waals surface area contributed by atoms with Crippen LogP contribution in [0.4, 0.5) is 0 Å². The lowest BCUT2D eigenvalue weighted by atomic mass is 10.2. The molecule has 6 heteroatoms. The number of carbonyl (C=O) groups is 1. The van der Waals surface area contributed by atoms with Gasteiger partial charge in [-0.15, -0.1) is 10.1 Å². The summed E-state index contributed by atoms with van der Waals surface area (Å²) in [6.07, 6.45) is 0. The van der Waals surface area contributed by atoms with E-state index in [4.69, 9.17) is 0 Å². The van der Waals surface area contributed by atoms with Crippen molar-refractivity contribution in [3.8, 4) is 5.75 Å². The van der Waals surface area contributed by atoms with Crippen LogP contribution in [0.1, 0.15) is 5.56 Å². The fourth-order valence-electron chi connectivity index (χ4n) is 0.891. The van der Waals surface area contributed by atoms with Gasteiger partial charge >= 0.3 is 0 Å². The summed E-state index contributed by atoms with van der Waals surface area (Å²) in [6, 6.07) is 6.28. The topological polar surface area (TPSA) is 78.7 Å². The van der Waals surface area contributed by atoms with Crippen LogP contribution in [-0.2, 0) is 16.2 Å². The van der Waals surface area contributed by atoms with Crippen molar-refractivity contribution in [2.24, 2.45) is 0 Å². The second kappa shape index (κ2) is 4.80. The molecule has 74 valence electrons. The Labute approximate surface area is 79.2 Å². The number of rotatable bonds is 5. The van der Waals surface area contributed by atoms with Crippen LogP contribution in [0, 0.1) is 10.1 Å². The first kappa shape index (κ1) is 9.97. The van der Waals surface area contributed by atoms with Crippen LogP contribution in [0.25, 0.3) is 0 Å². The predicted molar refractivity (Wildman–Crippen MR) is 44.9 cm³/mol. The highest BCUT2D eigenvalue weighted by Crippen LogP contribution is 2.13. The fraction of sp³-hybridized carbons (Fsp3) is 0.125. The summed E-state index contributed by atoms with van der Waals surface area (Å²) in [5, 5.41) is 9.00. The summed E-state index contributed by atoms with van der Waals surface area (Å²) in [6.45, 7) is 0.122. The van der Waals surface area contributed by atoms with E-state index < -0.39 is 5.09 Å². The van der Waals surface area contributed by atoms with E-state index in [1.54, 1.807) is 18.2 Å². The second-order valence-corrected chi connectivity index (χ2v) is 2.36. The van der Waals surface area contributed by atoms with Crippen LogP contribution in [0.2, 0.25) is 0 Å². The highest BCUT2D eigenvalue weighted by Gasteiger charge is 1.99. The van der Waals surface area contributed by atoms with E-state index in [0.29, 0.717) is 11.3 Å². The monoisotopic (exact) mass is 197 g/mol. The molecular formula is C8H7NO5.